The number of rotatable bonds is 3. The number of amides is 1. The number of hydrogen-bond acceptors (Lipinski definition) is 3. The zero-order valence-corrected chi connectivity index (χ0v) is 12.8. The Balaban J connectivity index is 1.87. The molecule has 110 valence electrons. The molecule has 2 N–H and O–H groups in total. The second-order valence-electron chi connectivity index (χ2n) is 5.37. The van der Waals surface area contributed by atoms with E-state index in [1.165, 1.54) is 16.5 Å². The molecule has 0 aliphatic carbocycles. The Morgan fingerprint density at radius 1 is 1.38 bits per heavy atom. The lowest BCUT2D eigenvalue weighted by molar-refractivity contribution is -0.116. The molecule has 0 saturated heterocycles. The van der Waals surface area contributed by atoms with E-state index in [1.807, 2.05) is 19.2 Å². The standard InChI is InChI=1S/C16H17FN2OS/c1-9-5-6-21-16(9)10(2)18-14-8-13-11(7-12(14)17)3-4-15(20)19-13/h5-8,10,18H,3-4H2,1-2H3,(H,19,20). The Morgan fingerprint density at radius 2 is 2.19 bits per heavy atom. The fourth-order valence-electron chi connectivity index (χ4n) is 2.64. The third kappa shape index (κ3) is 2.78. The molecule has 5 heteroatoms. The predicted molar refractivity (Wildman–Crippen MR) is 84.4 cm³/mol. The van der Waals surface area contributed by atoms with Gasteiger partial charge in [-0.05, 0) is 55.0 Å². The van der Waals surface area contributed by atoms with Crippen LogP contribution in [0.5, 0.6) is 0 Å². The van der Waals surface area contributed by atoms with Gasteiger partial charge in [0.1, 0.15) is 5.82 Å². The van der Waals surface area contributed by atoms with Crippen LogP contribution in [0.25, 0.3) is 0 Å². The van der Waals surface area contributed by atoms with Crippen LogP contribution in [-0.4, -0.2) is 5.91 Å². The summed E-state index contributed by atoms with van der Waals surface area (Å²) in [5.41, 5.74) is 3.20. The first-order chi connectivity index (χ1) is 10.0. The molecule has 0 bridgehead atoms. The number of hydrogen-bond donors (Lipinski definition) is 2. The van der Waals surface area contributed by atoms with Crippen LogP contribution in [0.15, 0.2) is 23.6 Å². The van der Waals surface area contributed by atoms with Gasteiger partial charge in [-0.3, -0.25) is 4.79 Å². The van der Waals surface area contributed by atoms with Crippen LogP contribution in [0, 0.1) is 12.7 Å². The van der Waals surface area contributed by atoms with Crippen molar-refractivity contribution in [2.45, 2.75) is 32.7 Å². The molecule has 0 spiro atoms. The number of nitrogens with one attached hydrogen (secondary N) is 2. The number of fused-ring (bicyclic) bond motifs is 1. The van der Waals surface area contributed by atoms with Gasteiger partial charge in [0.25, 0.3) is 0 Å². The van der Waals surface area contributed by atoms with E-state index in [4.69, 9.17) is 0 Å². The minimum Gasteiger partial charge on any atom is -0.375 e. The summed E-state index contributed by atoms with van der Waals surface area (Å²) in [6.45, 7) is 4.06. The smallest absolute Gasteiger partial charge is 0.224 e. The number of anilines is 2. The van der Waals surface area contributed by atoms with Gasteiger partial charge in [-0.25, -0.2) is 4.39 Å². The molecule has 1 amide bonds. The average molecular weight is 304 g/mol. The van der Waals surface area contributed by atoms with Gasteiger partial charge >= 0.3 is 0 Å². The van der Waals surface area contributed by atoms with Crippen molar-refractivity contribution in [2.75, 3.05) is 10.6 Å². The lowest BCUT2D eigenvalue weighted by atomic mass is 10.0. The summed E-state index contributed by atoms with van der Waals surface area (Å²) < 4.78 is 14.2. The highest BCUT2D eigenvalue weighted by Crippen LogP contribution is 2.32. The SMILES string of the molecule is Cc1ccsc1C(C)Nc1cc2c(cc1F)CCC(=O)N2. The number of benzene rings is 1. The monoisotopic (exact) mass is 304 g/mol. The summed E-state index contributed by atoms with van der Waals surface area (Å²) in [5.74, 6) is -0.284. The minimum absolute atomic E-state index is 0.0118. The summed E-state index contributed by atoms with van der Waals surface area (Å²) in [6, 6.07) is 5.30. The molecular weight excluding hydrogens is 287 g/mol. The topological polar surface area (TPSA) is 41.1 Å². The second kappa shape index (κ2) is 5.48. The summed E-state index contributed by atoms with van der Waals surface area (Å²) in [7, 11) is 0. The molecule has 3 nitrogen and oxygen atoms in total. The Labute approximate surface area is 127 Å². The van der Waals surface area contributed by atoms with Crippen molar-refractivity contribution < 1.29 is 9.18 Å². The van der Waals surface area contributed by atoms with Crippen LogP contribution in [0.2, 0.25) is 0 Å². The zero-order valence-electron chi connectivity index (χ0n) is 12.0. The molecule has 2 aromatic rings. The summed E-state index contributed by atoms with van der Waals surface area (Å²) in [4.78, 5) is 12.6. The maximum atomic E-state index is 14.2. The molecule has 1 unspecified atom stereocenters. The minimum atomic E-state index is -0.272. The first kappa shape index (κ1) is 14.1. The summed E-state index contributed by atoms with van der Waals surface area (Å²) in [5, 5.41) is 8.04. The lowest BCUT2D eigenvalue weighted by Crippen LogP contribution is -2.19. The average Bonchev–Trinajstić information content (AvgIpc) is 2.86. The van der Waals surface area contributed by atoms with Crippen LogP contribution < -0.4 is 10.6 Å². The highest BCUT2D eigenvalue weighted by Gasteiger charge is 2.19. The Hall–Kier alpha value is -1.88. The Kier molecular flexibility index (Phi) is 3.68. The molecular formula is C16H17FN2OS. The van der Waals surface area contributed by atoms with Crippen molar-refractivity contribution >= 4 is 28.6 Å². The number of carbonyl (C=O) groups excluding carboxylic acids is 1. The van der Waals surface area contributed by atoms with E-state index < -0.39 is 0 Å². The fraction of sp³-hybridized carbons (Fsp3) is 0.312. The molecule has 3 rings (SSSR count). The molecule has 1 aromatic carbocycles. The summed E-state index contributed by atoms with van der Waals surface area (Å²) >= 11 is 1.66. The number of halogens is 1. The van der Waals surface area contributed by atoms with Crippen LogP contribution in [-0.2, 0) is 11.2 Å². The second-order valence-corrected chi connectivity index (χ2v) is 6.32. The predicted octanol–water partition coefficient (Wildman–Crippen LogP) is 4.25. The van der Waals surface area contributed by atoms with E-state index in [2.05, 4.69) is 16.7 Å². The van der Waals surface area contributed by atoms with Crippen molar-refractivity contribution in [1.82, 2.24) is 0 Å². The summed E-state index contributed by atoms with van der Waals surface area (Å²) in [6.07, 6.45) is 1.02. The van der Waals surface area contributed by atoms with Crippen LogP contribution in [0.3, 0.4) is 0 Å². The van der Waals surface area contributed by atoms with E-state index in [-0.39, 0.29) is 17.8 Å². The molecule has 1 aliphatic heterocycles. The van der Waals surface area contributed by atoms with E-state index >= 15 is 0 Å². The third-order valence-corrected chi connectivity index (χ3v) is 4.96. The van der Waals surface area contributed by atoms with Crippen molar-refractivity contribution in [3.05, 3.63) is 45.4 Å². The molecule has 1 atom stereocenters. The molecule has 1 aliphatic rings. The van der Waals surface area contributed by atoms with Gasteiger partial charge in [0.15, 0.2) is 0 Å². The van der Waals surface area contributed by atoms with Crippen molar-refractivity contribution in [3.8, 4) is 0 Å². The van der Waals surface area contributed by atoms with E-state index in [1.54, 1.807) is 17.4 Å². The van der Waals surface area contributed by atoms with Crippen molar-refractivity contribution in [2.24, 2.45) is 0 Å². The van der Waals surface area contributed by atoms with E-state index in [0.717, 1.165) is 5.56 Å². The normalized spacial score (nSPS) is 15.3. The maximum absolute atomic E-state index is 14.2. The first-order valence-electron chi connectivity index (χ1n) is 6.97. The highest BCUT2D eigenvalue weighted by molar-refractivity contribution is 7.10. The van der Waals surface area contributed by atoms with Gasteiger partial charge in [-0.15, -0.1) is 11.3 Å². The first-order valence-corrected chi connectivity index (χ1v) is 7.85. The Bertz CT molecular complexity index is 696. The van der Waals surface area contributed by atoms with Gasteiger partial charge < -0.3 is 10.6 Å². The van der Waals surface area contributed by atoms with Crippen LogP contribution in [0.1, 0.15) is 35.4 Å². The van der Waals surface area contributed by atoms with Crippen molar-refractivity contribution in [1.29, 1.82) is 0 Å². The molecule has 0 saturated carbocycles. The van der Waals surface area contributed by atoms with Gasteiger partial charge in [-0.1, -0.05) is 0 Å². The van der Waals surface area contributed by atoms with Gasteiger partial charge in [0, 0.05) is 17.0 Å². The van der Waals surface area contributed by atoms with E-state index in [0.29, 0.717) is 24.2 Å². The Morgan fingerprint density at radius 3 is 2.90 bits per heavy atom. The largest absolute Gasteiger partial charge is 0.375 e. The van der Waals surface area contributed by atoms with E-state index in [9.17, 15) is 9.18 Å². The van der Waals surface area contributed by atoms with Crippen LogP contribution in [0.4, 0.5) is 15.8 Å². The quantitative estimate of drug-likeness (QED) is 0.890. The highest BCUT2D eigenvalue weighted by atomic mass is 32.1. The number of carbonyl (C=O) groups is 1. The molecule has 1 aromatic heterocycles. The maximum Gasteiger partial charge on any atom is 0.224 e. The van der Waals surface area contributed by atoms with Gasteiger partial charge in [-0.2, -0.15) is 0 Å². The third-order valence-electron chi connectivity index (χ3n) is 3.76. The number of thiophene rings is 1. The molecule has 0 radical (unpaired) electrons. The van der Waals surface area contributed by atoms with Crippen molar-refractivity contribution in [3.63, 3.8) is 0 Å². The van der Waals surface area contributed by atoms with Gasteiger partial charge in [0.05, 0.1) is 11.7 Å². The molecule has 21 heavy (non-hydrogen) atoms. The van der Waals surface area contributed by atoms with Gasteiger partial charge in [0.2, 0.25) is 5.91 Å². The molecule has 0 fully saturated rings. The van der Waals surface area contributed by atoms with Crippen LogP contribution >= 0.6 is 11.3 Å². The lowest BCUT2D eigenvalue weighted by Gasteiger charge is -2.21. The molecule has 2 heterocycles. The zero-order chi connectivity index (χ0) is 15.0. The fourth-order valence-corrected chi connectivity index (χ4v) is 3.57. The number of aryl methyl sites for hydroxylation is 2.